The first kappa shape index (κ1) is 19.0. The second-order valence-corrected chi connectivity index (χ2v) is 6.92. The first-order chi connectivity index (χ1) is 14.1. The first-order valence-corrected chi connectivity index (χ1v) is 9.41. The van der Waals surface area contributed by atoms with Crippen LogP contribution in [0.5, 0.6) is 11.5 Å². The molecule has 0 radical (unpaired) electrons. The third kappa shape index (κ3) is 3.69. The maximum absolute atomic E-state index is 13.1. The molecule has 2 aromatic carbocycles. The molecule has 0 fully saturated rings. The summed E-state index contributed by atoms with van der Waals surface area (Å²) in [6.45, 7) is 2.92. The van der Waals surface area contributed by atoms with Gasteiger partial charge in [0.1, 0.15) is 5.70 Å². The molecule has 0 saturated carbocycles. The van der Waals surface area contributed by atoms with Crippen molar-refractivity contribution >= 4 is 23.1 Å². The number of amides is 2. The summed E-state index contributed by atoms with van der Waals surface area (Å²) in [4.78, 5) is 27.5. The van der Waals surface area contributed by atoms with Crippen molar-refractivity contribution in [1.82, 2.24) is 4.90 Å². The van der Waals surface area contributed by atoms with Crippen molar-refractivity contribution < 1.29 is 23.8 Å². The lowest BCUT2D eigenvalue weighted by Crippen LogP contribution is -2.33. The quantitative estimate of drug-likeness (QED) is 0.575. The number of ether oxygens (including phenoxy) is 3. The highest BCUT2D eigenvalue weighted by Crippen LogP contribution is 2.36. The van der Waals surface area contributed by atoms with Gasteiger partial charge in [-0.2, -0.15) is 0 Å². The van der Waals surface area contributed by atoms with Gasteiger partial charge in [0, 0.05) is 32.0 Å². The van der Waals surface area contributed by atoms with E-state index in [-0.39, 0.29) is 24.3 Å². The third-order valence-electron chi connectivity index (χ3n) is 4.88. The maximum atomic E-state index is 13.1. The minimum Gasteiger partial charge on any atom is -0.454 e. The van der Waals surface area contributed by atoms with Gasteiger partial charge in [-0.15, -0.1) is 0 Å². The normalized spacial score (nSPS) is 15.4. The van der Waals surface area contributed by atoms with Gasteiger partial charge in [0.2, 0.25) is 6.79 Å². The number of hydrogen-bond acceptors (Lipinski definition) is 6. The summed E-state index contributed by atoms with van der Waals surface area (Å²) >= 11 is 0. The number of carbonyl (C=O) groups is 2. The summed E-state index contributed by atoms with van der Waals surface area (Å²) in [6, 6.07) is 12.9. The summed E-state index contributed by atoms with van der Waals surface area (Å²) in [5.41, 5.74) is 3.05. The molecule has 7 heteroatoms. The first-order valence-electron chi connectivity index (χ1n) is 9.41. The molecule has 0 aliphatic carbocycles. The van der Waals surface area contributed by atoms with Crippen LogP contribution in [0, 0.1) is 6.92 Å². The highest BCUT2D eigenvalue weighted by atomic mass is 16.7. The summed E-state index contributed by atoms with van der Waals surface area (Å²) in [6.07, 6.45) is 0.576. The fourth-order valence-corrected chi connectivity index (χ4v) is 3.37. The van der Waals surface area contributed by atoms with Gasteiger partial charge >= 0.3 is 0 Å². The molecule has 0 bridgehead atoms. The van der Waals surface area contributed by atoms with E-state index in [2.05, 4.69) is 5.32 Å². The molecule has 2 heterocycles. The van der Waals surface area contributed by atoms with Crippen molar-refractivity contribution in [2.45, 2.75) is 13.3 Å². The lowest BCUT2D eigenvalue weighted by molar-refractivity contribution is -0.136. The molecule has 2 aliphatic rings. The molecule has 29 heavy (non-hydrogen) atoms. The van der Waals surface area contributed by atoms with Crippen LogP contribution in [-0.4, -0.2) is 43.8 Å². The molecule has 2 aliphatic heterocycles. The Bertz CT molecular complexity index is 981. The number of fused-ring (bicyclic) bond motifs is 1. The largest absolute Gasteiger partial charge is 0.454 e. The molecular weight excluding hydrogens is 372 g/mol. The van der Waals surface area contributed by atoms with Crippen molar-refractivity contribution in [3.8, 4) is 11.5 Å². The van der Waals surface area contributed by atoms with E-state index in [0.717, 1.165) is 5.56 Å². The number of anilines is 1. The molecule has 0 aromatic heterocycles. The second kappa shape index (κ2) is 7.97. The summed E-state index contributed by atoms with van der Waals surface area (Å²) in [5.74, 6) is 0.594. The molecule has 2 amide bonds. The number of carbonyl (C=O) groups excluding carboxylic acids is 2. The minimum absolute atomic E-state index is 0.167. The Morgan fingerprint density at radius 1 is 1.03 bits per heavy atom. The van der Waals surface area contributed by atoms with Gasteiger partial charge in [0.15, 0.2) is 11.5 Å². The van der Waals surface area contributed by atoms with Crippen molar-refractivity contribution in [1.29, 1.82) is 0 Å². The van der Waals surface area contributed by atoms with Crippen LogP contribution in [0.3, 0.4) is 0 Å². The average molecular weight is 394 g/mol. The van der Waals surface area contributed by atoms with Gasteiger partial charge < -0.3 is 19.5 Å². The number of rotatable bonds is 7. The predicted octanol–water partition coefficient (Wildman–Crippen LogP) is 2.95. The monoisotopic (exact) mass is 394 g/mol. The van der Waals surface area contributed by atoms with Crippen LogP contribution in [0.4, 0.5) is 5.69 Å². The van der Waals surface area contributed by atoms with Gasteiger partial charge in [0.05, 0.1) is 5.57 Å². The number of methoxy groups -OCH3 is 1. The van der Waals surface area contributed by atoms with Crippen LogP contribution in [0.15, 0.2) is 48.2 Å². The van der Waals surface area contributed by atoms with Crippen LogP contribution in [0.2, 0.25) is 0 Å². The lowest BCUT2D eigenvalue weighted by Gasteiger charge is -2.15. The van der Waals surface area contributed by atoms with Crippen LogP contribution in [-0.2, 0) is 14.3 Å². The molecule has 0 saturated heterocycles. The van der Waals surface area contributed by atoms with Crippen molar-refractivity contribution in [3.63, 3.8) is 0 Å². The predicted molar refractivity (Wildman–Crippen MR) is 107 cm³/mol. The topological polar surface area (TPSA) is 77.1 Å². The molecule has 7 nitrogen and oxygen atoms in total. The number of nitrogens with zero attached hydrogens (tertiary/aromatic N) is 1. The Hall–Kier alpha value is -3.32. The van der Waals surface area contributed by atoms with E-state index in [1.165, 1.54) is 4.90 Å². The fourth-order valence-electron chi connectivity index (χ4n) is 3.37. The van der Waals surface area contributed by atoms with Crippen LogP contribution < -0.4 is 14.8 Å². The standard InChI is InChI=1S/C22H22N2O5/c1-14-4-6-15(7-5-14)19-20(22(26)24(21(19)25)10-3-11-27-2)23-16-8-9-17-18(12-16)29-13-28-17/h4-9,12,23H,3,10-11,13H2,1-2H3. The van der Waals surface area contributed by atoms with Gasteiger partial charge in [0.25, 0.3) is 11.8 Å². The third-order valence-corrected chi connectivity index (χ3v) is 4.88. The van der Waals surface area contributed by atoms with Gasteiger partial charge in [-0.3, -0.25) is 14.5 Å². The summed E-state index contributed by atoms with van der Waals surface area (Å²) < 4.78 is 15.8. The molecule has 1 N–H and O–H groups in total. The van der Waals surface area contributed by atoms with E-state index < -0.39 is 0 Å². The number of nitrogens with one attached hydrogen (secondary N) is 1. The average Bonchev–Trinajstić information content (AvgIpc) is 3.27. The molecule has 0 unspecified atom stereocenters. The highest BCUT2D eigenvalue weighted by Gasteiger charge is 2.39. The Morgan fingerprint density at radius 3 is 2.55 bits per heavy atom. The van der Waals surface area contributed by atoms with Gasteiger partial charge in [-0.05, 0) is 31.0 Å². The molecule has 4 rings (SSSR count). The van der Waals surface area contributed by atoms with Crippen LogP contribution in [0.25, 0.3) is 5.57 Å². The van der Waals surface area contributed by atoms with Gasteiger partial charge in [-0.25, -0.2) is 0 Å². The van der Waals surface area contributed by atoms with E-state index >= 15 is 0 Å². The highest BCUT2D eigenvalue weighted by molar-refractivity contribution is 6.36. The maximum Gasteiger partial charge on any atom is 0.278 e. The number of hydrogen-bond donors (Lipinski definition) is 1. The molecule has 0 atom stereocenters. The SMILES string of the molecule is COCCCN1C(=O)C(Nc2ccc3c(c2)OCO3)=C(c2ccc(C)cc2)C1=O. The number of imide groups is 1. The van der Waals surface area contributed by atoms with E-state index in [9.17, 15) is 9.59 Å². The Morgan fingerprint density at radius 2 is 1.79 bits per heavy atom. The van der Waals surface area contributed by atoms with Gasteiger partial charge in [-0.1, -0.05) is 29.8 Å². The van der Waals surface area contributed by atoms with Crippen molar-refractivity contribution in [2.75, 3.05) is 32.4 Å². The van der Waals surface area contributed by atoms with E-state index in [1.54, 1.807) is 25.3 Å². The molecule has 2 aromatic rings. The van der Waals surface area contributed by atoms with E-state index in [0.29, 0.717) is 47.9 Å². The van der Waals surface area contributed by atoms with Crippen molar-refractivity contribution in [2.24, 2.45) is 0 Å². The number of aryl methyl sites for hydroxylation is 1. The minimum atomic E-state index is -0.348. The second-order valence-electron chi connectivity index (χ2n) is 6.92. The molecular formula is C22H22N2O5. The Labute approximate surface area is 168 Å². The number of benzene rings is 2. The smallest absolute Gasteiger partial charge is 0.278 e. The fraction of sp³-hybridized carbons (Fsp3) is 0.273. The van der Waals surface area contributed by atoms with Crippen LogP contribution in [0.1, 0.15) is 17.5 Å². The molecule has 150 valence electrons. The Kier molecular flexibility index (Phi) is 5.22. The summed E-state index contributed by atoms with van der Waals surface area (Å²) in [7, 11) is 1.59. The Balaban J connectivity index is 1.69. The molecule has 0 spiro atoms. The summed E-state index contributed by atoms with van der Waals surface area (Å²) in [5, 5.41) is 3.14. The zero-order chi connectivity index (χ0) is 20.4. The van der Waals surface area contributed by atoms with E-state index in [4.69, 9.17) is 14.2 Å². The zero-order valence-electron chi connectivity index (χ0n) is 16.4. The lowest BCUT2D eigenvalue weighted by atomic mass is 10.0. The van der Waals surface area contributed by atoms with Crippen molar-refractivity contribution in [3.05, 3.63) is 59.3 Å². The van der Waals surface area contributed by atoms with Crippen LogP contribution >= 0.6 is 0 Å². The zero-order valence-corrected chi connectivity index (χ0v) is 16.4. The van der Waals surface area contributed by atoms with E-state index in [1.807, 2.05) is 31.2 Å².